The van der Waals surface area contributed by atoms with E-state index in [9.17, 15) is 4.79 Å². The van der Waals surface area contributed by atoms with E-state index >= 15 is 0 Å². The molecule has 0 aliphatic heterocycles. The number of hydrogen-bond donors (Lipinski definition) is 2. The predicted molar refractivity (Wildman–Crippen MR) is 81.0 cm³/mol. The first-order valence-corrected chi connectivity index (χ1v) is 6.79. The molecule has 0 atom stereocenters. The highest BCUT2D eigenvalue weighted by molar-refractivity contribution is 9.10. The van der Waals surface area contributed by atoms with Crippen molar-refractivity contribution in [2.75, 3.05) is 19.5 Å². The number of carbonyl (C=O) groups is 1. The van der Waals surface area contributed by atoms with Gasteiger partial charge in [-0.1, -0.05) is 11.6 Å². The molecule has 0 aliphatic carbocycles. The van der Waals surface area contributed by atoms with Crippen LogP contribution < -0.4 is 14.8 Å². The molecule has 0 bridgehead atoms. The second-order valence-corrected chi connectivity index (χ2v) is 5.20. The van der Waals surface area contributed by atoms with Gasteiger partial charge in [0.2, 0.25) is 0 Å². The summed E-state index contributed by atoms with van der Waals surface area (Å²) >= 11 is 9.32. The van der Waals surface area contributed by atoms with Crippen molar-refractivity contribution in [1.29, 1.82) is 0 Å². The largest absolute Gasteiger partial charge is 0.495 e. The van der Waals surface area contributed by atoms with Crippen LogP contribution in [0.2, 0.25) is 5.02 Å². The van der Waals surface area contributed by atoms with Crippen LogP contribution in [0.15, 0.2) is 28.9 Å². The SMILES string of the molecule is COc1cc(OC)c(NC(=O)c2cc(Br)c[nH]2)cc1Cl. The van der Waals surface area contributed by atoms with Crippen LogP contribution in [0, 0.1) is 0 Å². The average Bonchev–Trinajstić information content (AvgIpc) is 2.86. The lowest BCUT2D eigenvalue weighted by atomic mass is 10.2. The number of rotatable bonds is 4. The van der Waals surface area contributed by atoms with Crippen LogP contribution in [0.25, 0.3) is 0 Å². The van der Waals surface area contributed by atoms with E-state index in [0.29, 0.717) is 27.9 Å². The zero-order valence-electron chi connectivity index (χ0n) is 10.8. The van der Waals surface area contributed by atoms with Gasteiger partial charge >= 0.3 is 0 Å². The molecule has 20 heavy (non-hydrogen) atoms. The number of anilines is 1. The van der Waals surface area contributed by atoms with E-state index in [0.717, 1.165) is 4.47 Å². The zero-order valence-corrected chi connectivity index (χ0v) is 13.1. The summed E-state index contributed by atoms with van der Waals surface area (Å²) in [6, 6.07) is 4.87. The maximum Gasteiger partial charge on any atom is 0.272 e. The van der Waals surface area contributed by atoms with Crippen molar-refractivity contribution in [3.05, 3.63) is 39.6 Å². The molecule has 1 amide bonds. The molecular formula is C13H12BrClN2O3. The van der Waals surface area contributed by atoms with Crippen LogP contribution in [-0.4, -0.2) is 25.1 Å². The molecule has 2 rings (SSSR count). The Hall–Kier alpha value is -1.66. The number of H-pyrrole nitrogens is 1. The van der Waals surface area contributed by atoms with Crippen molar-refractivity contribution in [1.82, 2.24) is 4.98 Å². The third-order valence-electron chi connectivity index (χ3n) is 2.61. The van der Waals surface area contributed by atoms with E-state index in [2.05, 4.69) is 26.2 Å². The Bertz CT molecular complexity index is 643. The number of halogens is 2. The molecule has 2 N–H and O–H groups in total. The predicted octanol–water partition coefficient (Wildman–Crippen LogP) is 3.70. The summed E-state index contributed by atoms with van der Waals surface area (Å²) in [5, 5.41) is 3.11. The summed E-state index contributed by atoms with van der Waals surface area (Å²) in [7, 11) is 3.01. The number of hydrogen-bond acceptors (Lipinski definition) is 3. The highest BCUT2D eigenvalue weighted by Crippen LogP contribution is 2.36. The molecule has 7 heteroatoms. The number of aromatic amines is 1. The molecule has 106 valence electrons. The molecule has 0 saturated heterocycles. The topological polar surface area (TPSA) is 63.4 Å². The lowest BCUT2D eigenvalue weighted by Crippen LogP contribution is -2.13. The molecule has 0 unspecified atom stereocenters. The molecular weight excluding hydrogens is 348 g/mol. The Morgan fingerprint density at radius 3 is 2.50 bits per heavy atom. The minimum absolute atomic E-state index is 0.296. The third kappa shape index (κ3) is 3.08. The fourth-order valence-electron chi connectivity index (χ4n) is 1.65. The number of aromatic nitrogens is 1. The van der Waals surface area contributed by atoms with E-state index in [-0.39, 0.29) is 5.91 Å². The quantitative estimate of drug-likeness (QED) is 0.875. The fourth-order valence-corrected chi connectivity index (χ4v) is 2.23. The Morgan fingerprint density at radius 2 is 1.95 bits per heavy atom. The molecule has 2 aromatic rings. The summed E-state index contributed by atoms with van der Waals surface area (Å²) in [5.41, 5.74) is 0.889. The van der Waals surface area contributed by atoms with Crippen molar-refractivity contribution >= 4 is 39.1 Å². The maximum atomic E-state index is 12.1. The van der Waals surface area contributed by atoms with Crippen LogP contribution in [-0.2, 0) is 0 Å². The van der Waals surface area contributed by atoms with Gasteiger partial charge in [-0.25, -0.2) is 0 Å². The van der Waals surface area contributed by atoms with Crippen LogP contribution in [0.1, 0.15) is 10.5 Å². The van der Waals surface area contributed by atoms with Crippen molar-refractivity contribution in [3.63, 3.8) is 0 Å². The number of methoxy groups -OCH3 is 2. The van der Waals surface area contributed by atoms with Crippen LogP contribution in [0.4, 0.5) is 5.69 Å². The average molecular weight is 360 g/mol. The van der Waals surface area contributed by atoms with E-state index in [4.69, 9.17) is 21.1 Å². The van der Waals surface area contributed by atoms with E-state index < -0.39 is 0 Å². The van der Waals surface area contributed by atoms with Gasteiger partial charge in [-0.2, -0.15) is 0 Å². The second-order valence-electron chi connectivity index (χ2n) is 3.87. The first-order chi connectivity index (χ1) is 9.55. The van der Waals surface area contributed by atoms with Crippen molar-refractivity contribution < 1.29 is 14.3 Å². The maximum absolute atomic E-state index is 12.1. The van der Waals surface area contributed by atoms with Gasteiger partial charge in [-0.3, -0.25) is 4.79 Å². The van der Waals surface area contributed by atoms with E-state index in [1.807, 2.05) is 0 Å². The number of carbonyl (C=O) groups excluding carboxylic acids is 1. The van der Waals surface area contributed by atoms with Crippen LogP contribution in [0.5, 0.6) is 11.5 Å². The number of ether oxygens (including phenoxy) is 2. The molecule has 0 aliphatic rings. The molecule has 0 saturated carbocycles. The minimum Gasteiger partial charge on any atom is -0.495 e. The van der Waals surface area contributed by atoms with Gasteiger partial charge in [0.05, 0.1) is 24.9 Å². The van der Waals surface area contributed by atoms with Gasteiger partial charge in [0.1, 0.15) is 17.2 Å². The smallest absolute Gasteiger partial charge is 0.272 e. The molecule has 0 spiro atoms. The summed E-state index contributed by atoms with van der Waals surface area (Å²) < 4.78 is 11.1. The highest BCUT2D eigenvalue weighted by atomic mass is 79.9. The molecule has 5 nitrogen and oxygen atoms in total. The van der Waals surface area contributed by atoms with E-state index in [1.165, 1.54) is 14.2 Å². The normalized spacial score (nSPS) is 10.2. The van der Waals surface area contributed by atoms with Crippen molar-refractivity contribution in [2.24, 2.45) is 0 Å². The highest BCUT2D eigenvalue weighted by Gasteiger charge is 2.14. The van der Waals surface area contributed by atoms with Crippen LogP contribution in [0.3, 0.4) is 0 Å². The summed E-state index contributed by atoms with van der Waals surface area (Å²) in [5.74, 6) is 0.643. The third-order valence-corrected chi connectivity index (χ3v) is 3.37. The summed E-state index contributed by atoms with van der Waals surface area (Å²) in [6.07, 6.45) is 1.67. The Kier molecular flexibility index (Phi) is 4.57. The lowest BCUT2D eigenvalue weighted by Gasteiger charge is -2.12. The number of amides is 1. The first kappa shape index (κ1) is 14.7. The van der Waals surface area contributed by atoms with Gasteiger partial charge in [-0.15, -0.1) is 0 Å². The Labute approximate surface area is 129 Å². The minimum atomic E-state index is -0.296. The van der Waals surface area contributed by atoms with E-state index in [1.54, 1.807) is 24.4 Å². The lowest BCUT2D eigenvalue weighted by molar-refractivity contribution is 0.102. The molecule has 1 heterocycles. The molecule has 0 fully saturated rings. The monoisotopic (exact) mass is 358 g/mol. The number of benzene rings is 1. The van der Waals surface area contributed by atoms with Gasteiger partial charge < -0.3 is 19.8 Å². The first-order valence-electron chi connectivity index (χ1n) is 5.62. The molecule has 1 aromatic heterocycles. The van der Waals surface area contributed by atoms with Gasteiger partial charge in [0, 0.05) is 16.7 Å². The fraction of sp³-hybridized carbons (Fsp3) is 0.154. The van der Waals surface area contributed by atoms with Gasteiger partial charge in [0.25, 0.3) is 5.91 Å². The zero-order chi connectivity index (χ0) is 14.7. The van der Waals surface area contributed by atoms with Crippen molar-refractivity contribution in [3.8, 4) is 11.5 Å². The molecule has 0 radical (unpaired) electrons. The number of nitrogens with one attached hydrogen (secondary N) is 2. The van der Waals surface area contributed by atoms with Crippen molar-refractivity contribution in [2.45, 2.75) is 0 Å². The van der Waals surface area contributed by atoms with Gasteiger partial charge in [-0.05, 0) is 28.1 Å². The molecule has 1 aromatic carbocycles. The second kappa shape index (κ2) is 6.19. The summed E-state index contributed by atoms with van der Waals surface area (Å²) in [4.78, 5) is 14.9. The van der Waals surface area contributed by atoms with Gasteiger partial charge in [0.15, 0.2) is 0 Å². The summed E-state index contributed by atoms with van der Waals surface area (Å²) in [6.45, 7) is 0. The Balaban J connectivity index is 2.28. The van der Waals surface area contributed by atoms with Crippen LogP contribution >= 0.6 is 27.5 Å². The Morgan fingerprint density at radius 1 is 1.25 bits per heavy atom. The standard InChI is InChI=1S/C13H12BrClN2O3/c1-19-11-5-12(20-2)9(4-8(11)15)17-13(18)10-3-7(14)6-16-10/h3-6,16H,1-2H3,(H,17,18).